The lowest BCUT2D eigenvalue weighted by atomic mass is 10.2. The highest BCUT2D eigenvalue weighted by Crippen LogP contribution is 2.03. The number of ether oxygens (including phenoxy) is 2. The fourth-order valence-electron chi connectivity index (χ4n) is 1.32. The molecule has 2 N–H and O–H groups in total. The second kappa shape index (κ2) is 8.04. The first-order valence-corrected chi connectivity index (χ1v) is 5.71. The molecule has 0 saturated heterocycles. The van der Waals surface area contributed by atoms with E-state index < -0.39 is 5.97 Å². The maximum atomic E-state index is 11.4. The third-order valence-corrected chi connectivity index (χ3v) is 2.26. The van der Waals surface area contributed by atoms with Gasteiger partial charge in [-0.3, -0.25) is 4.98 Å². The average molecular weight is 267 g/mol. The van der Waals surface area contributed by atoms with Crippen molar-refractivity contribution in [2.45, 2.75) is 6.54 Å². The molecule has 1 aromatic heterocycles. The minimum absolute atomic E-state index is 0.226. The molecule has 1 aromatic rings. The lowest BCUT2D eigenvalue weighted by Crippen LogP contribution is -2.37. The Hall–Kier alpha value is -2.15. The van der Waals surface area contributed by atoms with Crippen LogP contribution in [-0.4, -0.2) is 44.4 Å². The molecule has 0 saturated carbocycles. The van der Waals surface area contributed by atoms with E-state index in [0.29, 0.717) is 24.4 Å². The molecule has 1 heterocycles. The van der Waals surface area contributed by atoms with Gasteiger partial charge in [-0.25, -0.2) is 9.59 Å². The Labute approximate surface area is 111 Å². The van der Waals surface area contributed by atoms with Crippen LogP contribution >= 0.6 is 0 Å². The second-order valence-electron chi connectivity index (χ2n) is 3.63. The maximum absolute atomic E-state index is 11.4. The van der Waals surface area contributed by atoms with Crippen molar-refractivity contribution < 1.29 is 19.1 Å². The monoisotopic (exact) mass is 267 g/mol. The van der Waals surface area contributed by atoms with Crippen LogP contribution < -0.4 is 10.6 Å². The number of nitrogens with one attached hydrogen (secondary N) is 2. The summed E-state index contributed by atoms with van der Waals surface area (Å²) in [4.78, 5) is 26.7. The van der Waals surface area contributed by atoms with Crippen molar-refractivity contribution in [3.63, 3.8) is 0 Å². The van der Waals surface area contributed by atoms with Gasteiger partial charge in [0.25, 0.3) is 0 Å². The molecule has 0 unspecified atom stereocenters. The number of aromatic nitrogens is 1. The zero-order chi connectivity index (χ0) is 14.1. The van der Waals surface area contributed by atoms with Crippen molar-refractivity contribution in [1.29, 1.82) is 0 Å². The van der Waals surface area contributed by atoms with Crippen molar-refractivity contribution >= 4 is 12.0 Å². The molecule has 0 aliphatic carbocycles. The number of urea groups is 1. The molecular weight excluding hydrogens is 250 g/mol. The summed E-state index contributed by atoms with van der Waals surface area (Å²) in [6.45, 7) is 1.10. The molecule has 1 rings (SSSR count). The highest BCUT2D eigenvalue weighted by Gasteiger charge is 2.07. The van der Waals surface area contributed by atoms with Crippen LogP contribution in [0, 0.1) is 0 Å². The largest absolute Gasteiger partial charge is 0.465 e. The summed E-state index contributed by atoms with van der Waals surface area (Å²) >= 11 is 0. The van der Waals surface area contributed by atoms with Crippen molar-refractivity contribution in [2.75, 3.05) is 27.4 Å². The molecule has 0 bridgehead atoms. The molecular formula is C12H17N3O4. The molecule has 19 heavy (non-hydrogen) atoms. The summed E-state index contributed by atoms with van der Waals surface area (Å²) in [5, 5.41) is 5.23. The predicted molar refractivity (Wildman–Crippen MR) is 67.7 cm³/mol. The summed E-state index contributed by atoms with van der Waals surface area (Å²) in [6.07, 6.45) is 1.49. The van der Waals surface area contributed by atoms with Crippen molar-refractivity contribution in [2.24, 2.45) is 0 Å². The van der Waals surface area contributed by atoms with Gasteiger partial charge in [0.15, 0.2) is 0 Å². The minimum atomic E-state index is -0.437. The standard InChI is InChI=1S/C12H17N3O4/c1-18-6-5-14-12(17)15-8-10-7-9(3-4-13-10)11(16)19-2/h3-4,7H,5-6,8H2,1-2H3,(H2,14,15,17). The van der Waals surface area contributed by atoms with Crippen LogP contribution in [0.1, 0.15) is 16.1 Å². The Morgan fingerprint density at radius 2 is 2.11 bits per heavy atom. The molecule has 0 radical (unpaired) electrons. The molecule has 7 nitrogen and oxygen atoms in total. The molecule has 0 atom stereocenters. The Morgan fingerprint density at radius 1 is 1.32 bits per heavy atom. The Kier molecular flexibility index (Phi) is 6.31. The minimum Gasteiger partial charge on any atom is -0.465 e. The quantitative estimate of drug-likeness (QED) is 0.572. The van der Waals surface area contributed by atoms with E-state index in [1.807, 2.05) is 0 Å². The summed E-state index contributed by atoms with van der Waals surface area (Å²) in [5.41, 5.74) is 0.971. The summed E-state index contributed by atoms with van der Waals surface area (Å²) in [6, 6.07) is 2.80. The Balaban J connectivity index is 2.44. The van der Waals surface area contributed by atoms with Gasteiger partial charge >= 0.3 is 12.0 Å². The second-order valence-corrected chi connectivity index (χ2v) is 3.63. The molecule has 104 valence electrons. The predicted octanol–water partition coefficient (Wildman–Crippen LogP) is 0.314. The number of methoxy groups -OCH3 is 2. The highest BCUT2D eigenvalue weighted by molar-refractivity contribution is 5.89. The van der Waals surface area contributed by atoms with E-state index in [9.17, 15) is 9.59 Å². The number of hydrogen-bond donors (Lipinski definition) is 2. The van der Waals surface area contributed by atoms with Gasteiger partial charge in [0, 0.05) is 19.9 Å². The third kappa shape index (κ3) is 5.35. The van der Waals surface area contributed by atoms with E-state index >= 15 is 0 Å². The van der Waals surface area contributed by atoms with Crippen LogP contribution in [0.5, 0.6) is 0 Å². The van der Waals surface area contributed by atoms with E-state index in [1.165, 1.54) is 13.3 Å². The zero-order valence-electron chi connectivity index (χ0n) is 10.9. The number of hydrogen-bond acceptors (Lipinski definition) is 5. The van der Waals surface area contributed by atoms with Crippen molar-refractivity contribution in [1.82, 2.24) is 15.6 Å². The fourth-order valence-corrected chi connectivity index (χ4v) is 1.32. The molecule has 0 aliphatic rings. The van der Waals surface area contributed by atoms with E-state index in [-0.39, 0.29) is 12.6 Å². The van der Waals surface area contributed by atoms with E-state index in [1.54, 1.807) is 19.2 Å². The van der Waals surface area contributed by atoms with Gasteiger partial charge in [0.2, 0.25) is 0 Å². The van der Waals surface area contributed by atoms with E-state index in [4.69, 9.17) is 4.74 Å². The summed E-state index contributed by atoms with van der Waals surface area (Å²) in [5.74, 6) is -0.437. The third-order valence-electron chi connectivity index (χ3n) is 2.26. The SMILES string of the molecule is COCCNC(=O)NCc1cc(C(=O)OC)ccn1. The van der Waals surface area contributed by atoms with Crippen molar-refractivity contribution in [3.8, 4) is 0 Å². The van der Waals surface area contributed by atoms with Gasteiger partial charge < -0.3 is 20.1 Å². The molecule has 7 heteroatoms. The average Bonchev–Trinajstić information content (AvgIpc) is 2.45. The van der Waals surface area contributed by atoms with Crippen LogP contribution in [0.15, 0.2) is 18.3 Å². The maximum Gasteiger partial charge on any atom is 0.337 e. The topological polar surface area (TPSA) is 89.6 Å². The number of carbonyl (C=O) groups excluding carboxylic acids is 2. The summed E-state index contributed by atoms with van der Waals surface area (Å²) < 4.78 is 9.41. The van der Waals surface area contributed by atoms with Gasteiger partial charge in [-0.2, -0.15) is 0 Å². The molecule has 0 spiro atoms. The fraction of sp³-hybridized carbons (Fsp3) is 0.417. The molecule has 2 amide bonds. The first-order valence-electron chi connectivity index (χ1n) is 5.71. The number of carbonyl (C=O) groups is 2. The number of nitrogens with zero attached hydrogens (tertiary/aromatic N) is 1. The number of esters is 1. The molecule has 0 fully saturated rings. The van der Waals surface area contributed by atoms with Gasteiger partial charge in [0.05, 0.1) is 31.5 Å². The van der Waals surface area contributed by atoms with Crippen LogP contribution in [0.3, 0.4) is 0 Å². The number of rotatable bonds is 6. The Bertz CT molecular complexity index is 437. The number of pyridine rings is 1. The van der Waals surface area contributed by atoms with Crippen LogP contribution in [-0.2, 0) is 16.0 Å². The molecule has 0 aliphatic heterocycles. The number of amides is 2. The van der Waals surface area contributed by atoms with Gasteiger partial charge in [-0.15, -0.1) is 0 Å². The lowest BCUT2D eigenvalue weighted by molar-refractivity contribution is 0.0600. The van der Waals surface area contributed by atoms with Gasteiger partial charge in [0.1, 0.15) is 0 Å². The van der Waals surface area contributed by atoms with E-state index in [0.717, 1.165) is 0 Å². The van der Waals surface area contributed by atoms with Gasteiger partial charge in [-0.05, 0) is 12.1 Å². The van der Waals surface area contributed by atoms with Crippen LogP contribution in [0.2, 0.25) is 0 Å². The van der Waals surface area contributed by atoms with Crippen LogP contribution in [0.25, 0.3) is 0 Å². The Morgan fingerprint density at radius 3 is 2.79 bits per heavy atom. The lowest BCUT2D eigenvalue weighted by Gasteiger charge is -2.07. The van der Waals surface area contributed by atoms with Crippen LogP contribution in [0.4, 0.5) is 4.79 Å². The first kappa shape index (κ1) is 14.9. The summed E-state index contributed by atoms with van der Waals surface area (Å²) in [7, 11) is 2.87. The highest BCUT2D eigenvalue weighted by atomic mass is 16.5. The van der Waals surface area contributed by atoms with Gasteiger partial charge in [-0.1, -0.05) is 0 Å². The van der Waals surface area contributed by atoms with Crippen molar-refractivity contribution in [3.05, 3.63) is 29.6 Å². The zero-order valence-corrected chi connectivity index (χ0v) is 10.9. The smallest absolute Gasteiger partial charge is 0.337 e. The molecule has 0 aromatic carbocycles. The van der Waals surface area contributed by atoms with E-state index in [2.05, 4.69) is 20.4 Å². The normalized spacial score (nSPS) is 9.79. The first-order chi connectivity index (χ1) is 9.17.